The third kappa shape index (κ3) is 7.03. The molecule has 1 aliphatic carbocycles. The van der Waals surface area contributed by atoms with Crippen molar-refractivity contribution in [2.75, 3.05) is 7.11 Å². The fraction of sp³-hybridized carbons (Fsp3) is 0.486. The highest BCUT2D eigenvalue weighted by molar-refractivity contribution is 6.53. The lowest BCUT2D eigenvalue weighted by Gasteiger charge is -2.38. The summed E-state index contributed by atoms with van der Waals surface area (Å²) in [6.45, 7) is 12.5. The van der Waals surface area contributed by atoms with Crippen molar-refractivity contribution in [1.29, 1.82) is 0 Å². The van der Waals surface area contributed by atoms with Crippen LogP contribution in [-0.2, 0) is 28.6 Å². The zero-order valence-electron chi connectivity index (χ0n) is 29.6. The van der Waals surface area contributed by atoms with E-state index < -0.39 is 94.6 Å². The first-order chi connectivity index (χ1) is 23.4. The molecule has 4 aliphatic rings. The Morgan fingerprint density at radius 1 is 0.940 bits per heavy atom. The van der Waals surface area contributed by atoms with Crippen LogP contribution in [-0.4, -0.2) is 81.9 Å². The van der Waals surface area contributed by atoms with Crippen molar-refractivity contribution in [2.24, 2.45) is 23.7 Å². The summed E-state index contributed by atoms with van der Waals surface area (Å²) in [6.07, 6.45) is 3.38. The normalized spacial score (nSPS) is 32.3. The molecule has 1 aromatic rings. The Morgan fingerprint density at radius 2 is 1.60 bits per heavy atom. The molecule has 0 fully saturated rings. The lowest BCUT2D eigenvalue weighted by Crippen LogP contribution is -2.46. The van der Waals surface area contributed by atoms with Crippen molar-refractivity contribution in [3.8, 4) is 5.75 Å². The van der Waals surface area contributed by atoms with Gasteiger partial charge < -0.3 is 39.6 Å². The zero-order chi connectivity index (χ0) is 37.4. The van der Waals surface area contributed by atoms with Gasteiger partial charge in [-0.25, -0.2) is 0 Å². The topological polar surface area (TPSA) is 195 Å². The van der Waals surface area contributed by atoms with Gasteiger partial charge in [0.2, 0.25) is 5.78 Å². The van der Waals surface area contributed by atoms with Gasteiger partial charge in [0.15, 0.2) is 5.76 Å². The summed E-state index contributed by atoms with van der Waals surface area (Å²) in [7, 11) is 1.42. The number of fused-ring (bicyclic) bond motifs is 14. The van der Waals surface area contributed by atoms with Gasteiger partial charge in [-0.05, 0) is 31.6 Å². The van der Waals surface area contributed by atoms with Gasteiger partial charge in [-0.3, -0.25) is 24.0 Å². The van der Waals surface area contributed by atoms with E-state index in [2.05, 4.69) is 5.32 Å². The van der Waals surface area contributed by atoms with E-state index in [-0.39, 0.29) is 28.0 Å². The number of aliphatic hydroxyl groups is 3. The molecule has 270 valence electrons. The molecule has 1 amide bonds. The lowest BCUT2D eigenvalue weighted by molar-refractivity contribution is -0.160. The average Bonchev–Trinajstić information content (AvgIpc) is 3.34. The molecule has 0 spiro atoms. The molecule has 3 heterocycles. The molecule has 9 atom stereocenters. The van der Waals surface area contributed by atoms with Crippen molar-refractivity contribution < 1.29 is 58.2 Å². The van der Waals surface area contributed by atoms with Crippen molar-refractivity contribution in [1.82, 2.24) is 5.32 Å². The van der Waals surface area contributed by atoms with E-state index in [1.165, 1.54) is 58.4 Å². The fourth-order valence-corrected chi connectivity index (χ4v) is 6.62. The first kappa shape index (κ1) is 38.2. The van der Waals surface area contributed by atoms with Gasteiger partial charge >= 0.3 is 11.8 Å². The van der Waals surface area contributed by atoms with Crippen LogP contribution in [0.5, 0.6) is 5.75 Å². The number of benzene rings is 1. The van der Waals surface area contributed by atoms with E-state index >= 15 is 0 Å². The minimum absolute atomic E-state index is 0.0119. The number of hydrogen-bond donors (Lipinski definition) is 4. The van der Waals surface area contributed by atoms with Crippen LogP contribution in [0.1, 0.15) is 80.3 Å². The molecule has 5 rings (SSSR count). The number of Topliss-reactive ketones (excluding diaryl/α,β-unsaturated/α-hetero) is 3. The first-order valence-electron chi connectivity index (χ1n) is 16.4. The first-order valence-corrected chi connectivity index (χ1v) is 16.4. The standard InChI is InChI=1S/C37H45NO12/c1-16-11-10-12-17(2)36(46)38-27-30(42)23-15-18(3)33-26(25(23)31(43)32(27)44)35(45)37(8,50-33)48-14-13-24(47-9)19(4)34(49-22(7)39)21(6)29(41)20(5)28(16)40/h10-16,19-21,24,28-29,34,40-42H,1-9H3,(H,38,46). The van der Waals surface area contributed by atoms with Crippen LogP contribution in [0, 0.1) is 30.6 Å². The molecule has 0 radical (unpaired) electrons. The molecule has 13 nitrogen and oxygen atoms in total. The molecule has 3 aliphatic heterocycles. The summed E-state index contributed by atoms with van der Waals surface area (Å²) in [6, 6.07) is 1.38. The molecule has 0 saturated heterocycles. The molecule has 4 N–H and O–H groups in total. The highest BCUT2D eigenvalue weighted by atomic mass is 16.7. The molecule has 13 heteroatoms. The molecule has 5 bridgehead atoms. The van der Waals surface area contributed by atoms with Crippen LogP contribution in [0.3, 0.4) is 0 Å². The Hall–Kier alpha value is -4.59. The summed E-state index contributed by atoms with van der Waals surface area (Å²) in [5.74, 6) is -9.68. The van der Waals surface area contributed by atoms with Crippen LogP contribution in [0.15, 0.2) is 47.9 Å². The molecule has 50 heavy (non-hydrogen) atoms. The van der Waals surface area contributed by atoms with E-state index in [4.69, 9.17) is 18.9 Å². The molecular weight excluding hydrogens is 650 g/mol. The maximum absolute atomic E-state index is 13.9. The van der Waals surface area contributed by atoms with Gasteiger partial charge in [-0.15, -0.1) is 0 Å². The number of amides is 1. The van der Waals surface area contributed by atoms with Crippen molar-refractivity contribution in [3.63, 3.8) is 0 Å². The second-order valence-electron chi connectivity index (χ2n) is 13.4. The predicted octanol–water partition coefficient (Wildman–Crippen LogP) is 3.65. The molecule has 0 saturated carbocycles. The number of methoxy groups -OCH3 is 1. The number of aryl methyl sites for hydroxylation is 1. The van der Waals surface area contributed by atoms with E-state index in [0.717, 1.165) is 0 Å². The number of hydrogen-bond acceptors (Lipinski definition) is 12. The van der Waals surface area contributed by atoms with Crippen molar-refractivity contribution in [2.45, 2.75) is 85.6 Å². The third-order valence-corrected chi connectivity index (χ3v) is 9.76. The number of esters is 1. The molecule has 9 unspecified atom stereocenters. The lowest BCUT2D eigenvalue weighted by atomic mass is 9.78. The number of carbonyl (C=O) groups is 5. The van der Waals surface area contributed by atoms with Gasteiger partial charge in [0, 0.05) is 55.8 Å². The summed E-state index contributed by atoms with van der Waals surface area (Å²) < 4.78 is 23.1. The van der Waals surface area contributed by atoms with Crippen molar-refractivity contribution >= 4 is 35.0 Å². The van der Waals surface area contributed by atoms with Crippen molar-refractivity contribution in [3.05, 3.63) is 70.2 Å². The largest absolute Gasteiger partial charge is 0.505 e. The van der Waals surface area contributed by atoms with Crippen LogP contribution in [0.4, 0.5) is 0 Å². The van der Waals surface area contributed by atoms with Gasteiger partial charge in [0.05, 0.1) is 35.7 Å². The van der Waals surface area contributed by atoms with E-state index in [1.54, 1.807) is 40.7 Å². The predicted molar refractivity (Wildman–Crippen MR) is 180 cm³/mol. The number of ketones is 3. The second kappa shape index (κ2) is 14.7. The summed E-state index contributed by atoms with van der Waals surface area (Å²) in [4.78, 5) is 65.9. The highest BCUT2D eigenvalue weighted by Crippen LogP contribution is 2.45. The minimum atomic E-state index is -2.00. The molecule has 0 aromatic heterocycles. The quantitative estimate of drug-likeness (QED) is 0.260. The summed E-state index contributed by atoms with van der Waals surface area (Å²) in [5.41, 5.74) is -0.947. The Morgan fingerprint density at radius 3 is 2.22 bits per heavy atom. The highest BCUT2D eigenvalue weighted by Gasteiger charge is 2.51. The maximum atomic E-state index is 13.9. The second-order valence-corrected chi connectivity index (χ2v) is 13.4. The number of aliphatic hydroxyl groups excluding tert-OH is 3. The van der Waals surface area contributed by atoms with Crippen LogP contribution < -0.4 is 10.1 Å². The van der Waals surface area contributed by atoms with Crippen LogP contribution in [0.2, 0.25) is 0 Å². The summed E-state index contributed by atoms with van der Waals surface area (Å²) >= 11 is 0. The van der Waals surface area contributed by atoms with E-state index in [1.807, 2.05) is 0 Å². The van der Waals surface area contributed by atoms with Crippen LogP contribution >= 0.6 is 0 Å². The maximum Gasteiger partial charge on any atom is 0.312 e. The van der Waals surface area contributed by atoms with Gasteiger partial charge in [0.1, 0.15) is 17.6 Å². The number of rotatable bonds is 2. The Labute approximate surface area is 290 Å². The number of nitrogens with one attached hydrogen (secondary N) is 1. The Balaban J connectivity index is 1.85. The third-order valence-electron chi connectivity index (χ3n) is 9.76. The van der Waals surface area contributed by atoms with E-state index in [0.29, 0.717) is 5.56 Å². The Bertz CT molecular complexity index is 1720. The zero-order valence-corrected chi connectivity index (χ0v) is 29.6. The Kier molecular flexibility index (Phi) is 11.2. The van der Waals surface area contributed by atoms with Gasteiger partial charge in [-0.1, -0.05) is 45.9 Å². The summed E-state index contributed by atoms with van der Waals surface area (Å²) in [5, 5.41) is 36.0. The minimum Gasteiger partial charge on any atom is -0.505 e. The van der Waals surface area contributed by atoms with E-state index in [9.17, 15) is 39.3 Å². The average molecular weight is 696 g/mol. The number of allylic oxidation sites excluding steroid dienone is 3. The van der Waals surface area contributed by atoms with Gasteiger partial charge in [0.25, 0.3) is 17.5 Å². The fourth-order valence-electron chi connectivity index (χ4n) is 6.62. The number of ether oxygens (including phenoxy) is 4. The monoisotopic (exact) mass is 695 g/mol. The smallest absolute Gasteiger partial charge is 0.312 e. The number of carbonyl (C=O) groups excluding carboxylic acids is 5. The SMILES string of the molecule is COC1C=COC2(C)Oc3c(C)cc4c(c3C2=O)C(=O)C(=O)C(=C4O)NC(=O)C(C)=CC=CC(C)C(O)C(C)C(O)C(C)C(OC(C)=O)C1C. The van der Waals surface area contributed by atoms with Gasteiger partial charge in [-0.2, -0.15) is 0 Å². The molecule has 1 aromatic carbocycles. The van der Waals surface area contributed by atoms with Crippen LogP contribution in [0.25, 0.3) is 5.76 Å². The molecular formula is C37H45NO12.